The third kappa shape index (κ3) is 10.7. The lowest BCUT2D eigenvalue weighted by atomic mass is 10.1. The van der Waals surface area contributed by atoms with E-state index in [9.17, 15) is 14.0 Å². The number of hydrogen-bond donors (Lipinski definition) is 4. The van der Waals surface area contributed by atoms with Crippen molar-refractivity contribution in [2.75, 3.05) is 5.32 Å². The van der Waals surface area contributed by atoms with Gasteiger partial charge in [-0.05, 0) is 51.8 Å². The zero-order chi connectivity index (χ0) is 19.8. The number of hydrogen-bond acceptors (Lipinski definition) is 5. The monoisotopic (exact) mass is 405 g/mol. The number of rotatable bonds is 10. The van der Waals surface area contributed by atoms with Crippen LogP contribution >= 0.6 is 15.6 Å². The van der Waals surface area contributed by atoms with E-state index in [1.165, 1.54) is 5.57 Å². The molecule has 0 aliphatic heterocycles. The maximum atomic E-state index is 11.9. The quantitative estimate of drug-likeness (QED) is 0.257. The molecule has 1 aromatic rings. The summed E-state index contributed by atoms with van der Waals surface area (Å²) in [5, 5.41) is 2.87. The van der Waals surface area contributed by atoms with Gasteiger partial charge in [0, 0.05) is 5.69 Å². The first-order valence-corrected chi connectivity index (χ1v) is 10.9. The van der Waals surface area contributed by atoms with E-state index in [4.69, 9.17) is 14.3 Å². The second-order valence-corrected chi connectivity index (χ2v) is 8.69. The van der Waals surface area contributed by atoms with Gasteiger partial charge in [0.25, 0.3) is 0 Å². The predicted octanol–water partition coefficient (Wildman–Crippen LogP) is 4.34. The average molecular weight is 405 g/mol. The van der Waals surface area contributed by atoms with Crippen molar-refractivity contribution in [3.05, 3.63) is 53.6 Å². The fourth-order valence-corrected chi connectivity index (χ4v) is 3.65. The summed E-state index contributed by atoms with van der Waals surface area (Å²) in [6.45, 7) is 5.81. The van der Waals surface area contributed by atoms with Gasteiger partial charge in [-0.1, -0.05) is 35.4 Å². The molecule has 0 aliphatic rings. The molecule has 0 amide bonds. The van der Waals surface area contributed by atoms with E-state index in [-0.39, 0.29) is 0 Å². The second-order valence-electron chi connectivity index (χ2n) is 5.91. The van der Waals surface area contributed by atoms with Gasteiger partial charge in [0.05, 0.1) is 0 Å². The van der Waals surface area contributed by atoms with Gasteiger partial charge in [-0.2, -0.15) is 4.31 Å². The predicted molar refractivity (Wildman–Crippen MR) is 100 cm³/mol. The maximum absolute atomic E-state index is 11.9. The summed E-state index contributed by atoms with van der Waals surface area (Å²) >= 11 is 0. The highest BCUT2D eigenvalue weighted by molar-refractivity contribution is 7.60. The molecule has 0 spiro atoms. The third-order valence-electron chi connectivity index (χ3n) is 3.07. The first-order valence-electron chi connectivity index (χ1n) is 7.87. The lowest BCUT2D eigenvalue weighted by Crippen LogP contribution is -2.20. The van der Waals surface area contributed by atoms with E-state index < -0.39 is 21.9 Å². The van der Waals surface area contributed by atoms with Crippen LogP contribution in [0.5, 0.6) is 0 Å². The minimum absolute atomic E-state index is 0.599. The fraction of sp³-hybridized carbons (Fsp3) is 0.375. The molecule has 0 bridgehead atoms. The Labute approximate surface area is 153 Å². The van der Waals surface area contributed by atoms with E-state index in [0.29, 0.717) is 12.1 Å². The SMILES string of the molecule is CC(C)=CCCC(C)=CC(Nc1ccccc1)OP(=O)(O)OP(=O)(O)O. The Bertz CT molecular complexity index is 723. The fourth-order valence-electron chi connectivity index (χ4n) is 2.02. The van der Waals surface area contributed by atoms with Gasteiger partial charge < -0.3 is 20.0 Å². The van der Waals surface area contributed by atoms with Gasteiger partial charge in [-0.25, -0.2) is 9.13 Å². The lowest BCUT2D eigenvalue weighted by molar-refractivity contribution is 0.162. The second kappa shape index (κ2) is 10.2. The van der Waals surface area contributed by atoms with Gasteiger partial charge in [0.1, 0.15) is 0 Å². The van der Waals surface area contributed by atoms with Crippen molar-refractivity contribution in [3.63, 3.8) is 0 Å². The van der Waals surface area contributed by atoms with E-state index >= 15 is 0 Å². The summed E-state index contributed by atoms with van der Waals surface area (Å²) in [6, 6.07) is 8.75. The molecule has 2 atom stereocenters. The summed E-state index contributed by atoms with van der Waals surface area (Å²) in [5.74, 6) is 0. The van der Waals surface area contributed by atoms with Crippen LogP contribution in [0.3, 0.4) is 0 Å². The van der Waals surface area contributed by atoms with E-state index in [1.807, 2.05) is 20.8 Å². The third-order valence-corrected chi connectivity index (χ3v) is 5.24. The molecule has 0 aromatic heterocycles. The highest BCUT2D eigenvalue weighted by Crippen LogP contribution is 2.58. The highest BCUT2D eigenvalue weighted by atomic mass is 31.3. The van der Waals surface area contributed by atoms with Crippen LogP contribution < -0.4 is 5.32 Å². The molecule has 0 radical (unpaired) electrons. The van der Waals surface area contributed by atoms with E-state index in [0.717, 1.165) is 12.0 Å². The van der Waals surface area contributed by atoms with Gasteiger partial charge in [-0.3, -0.25) is 4.52 Å². The van der Waals surface area contributed by atoms with Crippen LogP contribution in [0, 0.1) is 0 Å². The van der Waals surface area contributed by atoms with E-state index in [2.05, 4.69) is 15.7 Å². The standard InChI is InChI=1S/C16H25NO7P2/c1-13(2)8-7-9-14(3)12-16(17-15-10-5-4-6-11-15)23-26(21,22)24-25(18,19)20/h4-6,8,10-12,16-17H,7,9H2,1-3H3,(H,21,22)(H2,18,19,20). The van der Waals surface area contributed by atoms with Gasteiger partial charge in [-0.15, -0.1) is 0 Å². The van der Waals surface area contributed by atoms with Gasteiger partial charge in [0.2, 0.25) is 0 Å². The molecule has 0 heterocycles. The molecule has 0 saturated heterocycles. The number of phosphoric acid groups is 2. The summed E-state index contributed by atoms with van der Waals surface area (Å²) in [4.78, 5) is 27.1. The minimum atomic E-state index is -5.18. The van der Waals surface area contributed by atoms with Gasteiger partial charge in [0.15, 0.2) is 6.23 Å². The normalized spacial score (nSPS) is 15.8. The number of benzene rings is 1. The molecular formula is C16H25NO7P2. The van der Waals surface area contributed by atoms with Crippen LogP contribution in [0.25, 0.3) is 0 Å². The molecule has 0 aliphatic carbocycles. The zero-order valence-electron chi connectivity index (χ0n) is 14.9. The van der Waals surface area contributed by atoms with Crippen molar-refractivity contribution in [3.8, 4) is 0 Å². The van der Waals surface area contributed by atoms with Crippen LogP contribution in [0.15, 0.2) is 53.6 Å². The molecule has 146 valence electrons. The van der Waals surface area contributed by atoms with Gasteiger partial charge >= 0.3 is 15.6 Å². The molecule has 4 N–H and O–H groups in total. The smallest absolute Gasteiger partial charge is 0.356 e. The number of allylic oxidation sites excluding steroid dienone is 3. The molecule has 0 saturated carbocycles. The highest BCUT2D eigenvalue weighted by Gasteiger charge is 2.34. The number of anilines is 1. The number of phosphoric ester groups is 1. The van der Waals surface area contributed by atoms with E-state index in [1.54, 1.807) is 36.4 Å². The van der Waals surface area contributed by atoms with Crippen molar-refractivity contribution in [2.24, 2.45) is 0 Å². The van der Waals surface area contributed by atoms with Crippen molar-refractivity contribution in [1.82, 2.24) is 0 Å². The molecular weight excluding hydrogens is 380 g/mol. The van der Waals surface area contributed by atoms with Crippen LogP contribution in [0.4, 0.5) is 5.69 Å². The van der Waals surface area contributed by atoms with Crippen LogP contribution in [0.2, 0.25) is 0 Å². The summed E-state index contributed by atoms with van der Waals surface area (Å²) < 4.78 is 31.5. The zero-order valence-corrected chi connectivity index (χ0v) is 16.7. The first-order chi connectivity index (χ1) is 12.0. The van der Waals surface area contributed by atoms with Crippen LogP contribution in [0.1, 0.15) is 33.6 Å². The van der Waals surface area contributed by atoms with Crippen LogP contribution in [-0.2, 0) is 18.0 Å². The first kappa shape index (κ1) is 22.8. The molecule has 8 nitrogen and oxygen atoms in total. The number of nitrogens with one attached hydrogen (secondary N) is 1. The summed E-state index contributed by atoms with van der Waals surface area (Å²) in [6.07, 6.45) is 3.99. The lowest BCUT2D eigenvalue weighted by Gasteiger charge is -2.21. The molecule has 10 heteroatoms. The Morgan fingerprint density at radius 1 is 1.15 bits per heavy atom. The number of para-hydroxylation sites is 1. The van der Waals surface area contributed by atoms with Crippen molar-refractivity contribution in [2.45, 2.75) is 39.8 Å². The molecule has 26 heavy (non-hydrogen) atoms. The summed E-state index contributed by atoms with van der Waals surface area (Å²) in [7, 11) is -10.2. The Kier molecular flexibility index (Phi) is 8.93. The van der Waals surface area contributed by atoms with Crippen molar-refractivity contribution in [1.29, 1.82) is 0 Å². The average Bonchev–Trinajstić information content (AvgIpc) is 2.44. The van der Waals surface area contributed by atoms with Crippen molar-refractivity contribution >= 4 is 21.3 Å². The van der Waals surface area contributed by atoms with Crippen molar-refractivity contribution < 1.29 is 32.6 Å². The largest absolute Gasteiger partial charge is 0.483 e. The molecule has 0 fully saturated rings. The molecule has 1 rings (SSSR count). The minimum Gasteiger partial charge on any atom is -0.356 e. The van der Waals surface area contributed by atoms with Crippen LogP contribution in [-0.4, -0.2) is 20.9 Å². The summed E-state index contributed by atoms with van der Waals surface area (Å²) in [5.41, 5.74) is 2.65. The Morgan fingerprint density at radius 3 is 2.31 bits per heavy atom. The Hall–Kier alpha value is -1.24. The molecule has 2 unspecified atom stereocenters. The topological polar surface area (TPSA) is 125 Å². The Balaban J connectivity index is 2.93. The maximum Gasteiger partial charge on any atom is 0.483 e. The Morgan fingerprint density at radius 2 is 1.77 bits per heavy atom. The molecule has 1 aromatic carbocycles.